The number of hydrogen-bond acceptors (Lipinski definition) is 6. The summed E-state index contributed by atoms with van der Waals surface area (Å²) in [6.07, 6.45) is 0.309. The molecule has 172 valence electrons. The topological polar surface area (TPSA) is 96.4 Å². The predicted molar refractivity (Wildman–Crippen MR) is 129 cm³/mol. The summed E-state index contributed by atoms with van der Waals surface area (Å²) in [6, 6.07) is 9.40. The summed E-state index contributed by atoms with van der Waals surface area (Å²) < 4.78 is 54.8. The quantitative estimate of drug-likeness (QED) is 0.451. The zero-order valence-electron chi connectivity index (χ0n) is 17.5. The van der Waals surface area contributed by atoms with Crippen LogP contribution in [0.3, 0.4) is 0 Å². The molecule has 0 aliphatic carbocycles. The highest BCUT2D eigenvalue weighted by atomic mass is 35.5. The van der Waals surface area contributed by atoms with Gasteiger partial charge in [0.1, 0.15) is 0 Å². The molecular weight excluding hydrogens is 513 g/mol. The summed E-state index contributed by atoms with van der Waals surface area (Å²) in [7, 11) is -6.11. The van der Waals surface area contributed by atoms with Crippen molar-refractivity contribution in [2.45, 2.75) is 30.1 Å². The van der Waals surface area contributed by atoms with Gasteiger partial charge in [0.25, 0.3) is 10.0 Å². The molecule has 0 spiro atoms. The summed E-state index contributed by atoms with van der Waals surface area (Å²) in [4.78, 5) is 4.51. The Morgan fingerprint density at radius 1 is 0.969 bits per heavy atom. The molecule has 0 unspecified atom stereocenters. The molecule has 0 bridgehead atoms. The fourth-order valence-corrected chi connectivity index (χ4v) is 7.09. The molecule has 0 fully saturated rings. The number of rotatable bonds is 8. The molecule has 1 N–H and O–H groups in total. The van der Waals surface area contributed by atoms with Crippen molar-refractivity contribution in [3.8, 4) is 0 Å². The van der Waals surface area contributed by atoms with Gasteiger partial charge < -0.3 is 0 Å². The summed E-state index contributed by atoms with van der Waals surface area (Å²) in [5.41, 5.74) is 1.50. The molecule has 0 aliphatic heterocycles. The minimum atomic E-state index is -3.86. The van der Waals surface area contributed by atoms with Gasteiger partial charge in [-0.15, -0.1) is 11.3 Å². The van der Waals surface area contributed by atoms with E-state index in [-0.39, 0.29) is 21.5 Å². The van der Waals surface area contributed by atoms with Crippen LogP contribution in [0.4, 0.5) is 5.13 Å². The fourth-order valence-electron chi connectivity index (χ4n) is 2.94. The SMILES string of the molecule is Cc1c(Cl)cccc1S(=O)(=O)Nc1nc(CCN(C)S(=O)(=O)c2cccc(Cl)c2C)cs1. The smallest absolute Gasteiger partial charge is 0.255 e. The Bertz CT molecular complexity index is 1360. The molecule has 0 atom stereocenters. The van der Waals surface area contributed by atoms with Crippen LogP contribution < -0.4 is 4.72 Å². The second-order valence-electron chi connectivity index (χ2n) is 7.05. The van der Waals surface area contributed by atoms with E-state index in [1.165, 1.54) is 23.5 Å². The standard InChI is InChI=1S/C20H21Cl2N3O4S3/c1-13-16(21)6-4-8-18(13)31(26,27)24-20-23-15(12-30-20)10-11-25(3)32(28,29)19-9-5-7-17(22)14(19)2/h4-9,12H,10-11H2,1-3H3,(H,23,24). The van der Waals surface area contributed by atoms with E-state index < -0.39 is 20.0 Å². The highest BCUT2D eigenvalue weighted by molar-refractivity contribution is 7.93. The molecular formula is C20H21Cl2N3O4S3. The van der Waals surface area contributed by atoms with Crippen LogP contribution in [-0.2, 0) is 26.5 Å². The molecule has 3 aromatic rings. The summed E-state index contributed by atoms with van der Waals surface area (Å²) in [5, 5.41) is 2.61. The van der Waals surface area contributed by atoms with Crippen LogP contribution in [0.15, 0.2) is 51.6 Å². The average Bonchev–Trinajstić information content (AvgIpc) is 3.16. The third kappa shape index (κ3) is 5.27. The van der Waals surface area contributed by atoms with Crippen molar-refractivity contribution >= 4 is 59.7 Å². The number of nitrogens with one attached hydrogen (secondary N) is 1. The monoisotopic (exact) mass is 533 g/mol. The Hall–Kier alpha value is -1.69. The maximum Gasteiger partial charge on any atom is 0.263 e. The van der Waals surface area contributed by atoms with Gasteiger partial charge in [-0.2, -0.15) is 0 Å². The highest BCUT2D eigenvalue weighted by Gasteiger charge is 2.24. The first-order valence-corrected chi connectivity index (χ1v) is 13.9. The normalized spacial score (nSPS) is 12.3. The van der Waals surface area contributed by atoms with Crippen molar-refractivity contribution < 1.29 is 16.8 Å². The Kier molecular flexibility index (Phi) is 7.53. The lowest BCUT2D eigenvalue weighted by atomic mass is 10.2. The number of hydrogen-bond donors (Lipinski definition) is 1. The maximum atomic E-state index is 12.9. The molecule has 7 nitrogen and oxygen atoms in total. The molecule has 1 aromatic heterocycles. The average molecular weight is 535 g/mol. The van der Waals surface area contributed by atoms with Crippen molar-refractivity contribution in [1.29, 1.82) is 0 Å². The maximum absolute atomic E-state index is 12.9. The Morgan fingerprint density at radius 2 is 1.53 bits per heavy atom. The summed E-state index contributed by atoms with van der Waals surface area (Å²) in [5.74, 6) is 0. The minimum absolute atomic E-state index is 0.0736. The lowest BCUT2D eigenvalue weighted by Crippen LogP contribution is -2.29. The van der Waals surface area contributed by atoms with Gasteiger partial charge in [-0.3, -0.25) is 4.72 Å². The van der Waals surface area contributed by atoms with Gasteiger partial charge in [0.2, 0.25) is 10.0 Å². The van der Waals surface area contributed by atoms with E-state index in [0.717, 1.165) is 11.3 Å². The van der Waals surface area contributed by atoms with E-state index in [9.17, 15) is 16.8 Å². The number of aromatic nitrogens is 1. The number of sulfonamides is 2. The molecule has 0 saturated heterocycles. The number of halogens is 2. The van der Waals surface area contributed by atoms with E-state index in [0.29, 0.717) is 33.3 Å². The van der Waals surface area contributed by atoms with Crippen LogP contribution in [0.5, 0.6) is 0 Å². The largest absolute Gasteiger partial charge is 0.263 e. The van der Waals surface area contributed by atoms with Crippen LogP contribution in [0.25, 0.3) is 0 Å². The molecule has 32 heavy (non-hydrogen) atoms. The van der Waals surface area contributed by atoms with Crippen LogP contribution in [0.2, 0.25) is 10.0 Å². The van der Waals surface area contributed by atoms with E-state index in [2.05, 4.69) is 9.71 Å². The van der Waals surface area contributed by atoms with Gasteiger partial charge in [-0.25, -0.2) is 26.1 Å². The van der Waals surface area contributed by atoms with E-state index in [4.69, 9.17) is 23.2 Å². The van der Waals surface area contributed by atoms with Crippen LogP contribution >= 0.6 is 34.5 Å². The van der Waals surface area contributed by atoms with Crippen molar-refractivity contribution in [2.75, 3.05) is 18.3 Å². The number of likely N-dealkylation sites (N-methyl/N-ethyl adjacent to an activating group) is 1. The first-order chi connectivity index (χ1) is 14.9. The molecule has 0 radical (unpaired) electrons. The lowest BCUT2D eigenvalue weighted by molar-refractivity contribution is 0.471. The predicted octanol–water partition coefficient (Wildman–Crippen LogP) is 4.73. The van der Waals surface area contributed by atoms with Crippen molar-refractivity contribution in [1.82, 2.24) is 9.29 Å². The third-order valence-corrected chi connectivity index (χ3v) is 10.1. The molecule has 3 rings (SSSR count). The molecule has 0 amide bonds. The second-order valence-corrected chi connectivity index (χ2v) is 12.4. The Balaban J connectivity index is 1.70. The first kappa shape index (κ1) is 24.9. The number of anilines is 1. The summed E-state index contributed by atoms with van der Waals surface area (Å²) in [6.45, 7) is 3.45. The first-order valence-electron chi connectivity index (χ1n) is 9.37. The lowest BCUT2D eigenvalue weighted by Gasteiger charge is -2.18. The Morgan fingerprint density at radius 3 is 2.16 bits per heavy atom. The van der Waals surface area contributed by atoms with Crippen molar-refractivity contribution in [3.05, 3.63) is 68.6 Å². The number of thiazole rings is 1. The van der Waals surface area contributed by atoms with Gasteiger partial charge in [0.05, 0.1) is 15.5 Å². The number of nitrogens with zero attached hydrogens (tertiary/aromatic N) is 2. The van der Waals surface area contributed by atoms with Gasteiger partial charge in [0, 0.05) is 35.4 Å². The Labute approximate surface area is 202 Å². The molecule has 0 saturated carbocycles. The minimum Gasteiger partial charge on any atom is -0.255 e. The summed E-state index contributed by atoms with van der Waals surface area (Å²) >= 11 is 13.2. The van der Waals surface area contributed by atoms with Gasteiger partial charge in [-0.05, 0) is 49.2 Å². The zero-order valence-corrected chi connectivity index (χ0v) is 21.4. The van der Waals surface area contributed by atoms with Crippen molar-refractivity contribution in [3.63, 3.8) is 0 Å². The van der Waals surface area contributed by atoms with E-state index in [1.54, 1.807) is 43.5 Å². The van der Waals surface area contributed by atoms with Crippen LogP contribution in [-0.4, -0.2) is 39.7 Å². The van der Waals surface area contributed by atoms with Gasteiger partial charge in [0.15, 0.2) is 5.13 Å². The van der Waals surface area contributed by atoms with Gasteiger partial charge in [-0.1, -0.05) is 35.3 Å². The second kappa shape index (κ2) is 9.66. The third-order valence-electron chi connectivity index (χ3n) is 4.87. The van der Waals surface area contributed by atoms with E-state index in [1.807, 2.05) is 0 Å². The molecule has 12 heteroatoms. The van der Waals surface area contributed by atoms with E-state index >= 15 is 0 Å². The fraction of sp³-hybridized carbons (Fsp3) is 0.250. The molecule has 2 aromatic carbocycles. The number of benzene rings is 2. The molecule has 1 heterocycles. The van der Waals surface area contributed by atoms with Gasteiger partial charge >= 0.3 is 0 Å². The van der Waals surface area contributed by atoms with Crippen LogP contribution in [0.1, 0.15) is 16.8 Å². The molecule has 0 aliphatic rings. The van der Waals surface area contributed by atoms with Crippen LogP contribution in [0, 0.1) is 13.8 Å². The van der Waals surface area contributed by atoms with Crippen molar-refractivity contribution in [2.24, 2.45) is 0 Å². The highest BCUT2D eigenvalue weighted by Crippen LogP contribution is 2.27. The zero-order chi connectivity index (χ0) is 23.7.